The van der Waals surface area contributed by atoms with E-state index in [0.717, 1.165) is 0 Å². The van der Waals surface area contributed by atoms with Crippen LogP contribution in [-0.4, -0.2) is 24.3 Å². The molecule has 1 heterocycles. The number of carbonyl (C=O) groups is 1. The molecule has 8 heavy (non-hydrogen) atoms. The van der Waals surface area contributed by atoms with Crippen LogP contribution in [0.25, 0.3) is 0 Å². The van der Waals surface area contributed by atoms with E-state index in [2.05, 4.69) is 10.1 Å². The fraction of sp³-hybridized carbons (Fsp3) is 0.750. The quantitative estimate of drug-likeness (QED) is 0.563. The summed E-state index contributed by atoms with van der Waals surface area (Å²) in [6.45, 7) is 0.500. The molecule has 1 aliphatic rings. The average molecular weight is 133 g/mol. The van der Waals surface area contributed by atoms with E-state index in [1.807, 2.05) is 6.26 Å². The Labute approximate surface area is 51.8 Å². The van der Waals surface area contributed by atoms with Crippen LogP contribution in [0.3, 0.4) is 0 Å². The van der Waals surface area contributed by atoms with Crippen LogP contribution in [0.15, 0.2) is 0 Å². The number of amides is 1. The van der Waals surface area contributed by atoms with E-state index in [0.29, 0.717) is 6.61 Å². The van der Waals surface area contributed by atoms with Crippen molar-refractivity contribution in [1.29, 1.82) is 0 Å². The molecule has 0 aromatic heterocycles. The Morgan fingerprint density at radius 1 is 2.00 bits per heavy atom. The van der Waals surface area contributed by atoms with Crippen LogP contribution in [-0.2, 0) is 4.74 Å². The number of rotatable bonds is 1. The lowest BCUT2D eigenvalue weighted by Crippen LogP contribution is -2.21. The third-order valence-corrected chi connectivity index (χ3v) is 1.75. The van der Waals surface area contributed by atoms with E-state index in [1.165, 1.54) is 0 Å². The van der Waals surface area contributed by atoms with Crippen LogP contribution in [0.2, 0.25) is 0 Å². The van der Waals surface area contributed by atoms with E-state index >= 15 is 0 Å². The highest BCUT2D eigenvalue weighted by Crippen LogP contribution is 2.08. The highest BCUT2D eigenvalue weighted by molar-refractivity contribution is 7.99. The molecule has 0 spiro atoms. The zero-order valence-corrected chi connectivity index (χ0v) is 5.33. The zero-order chi connectivity index (χ0) is 5.98. The van der Waals surface area contributed by atoms with Crippen molar-refractivity contribution in [3.05, 3.63) is 0 Å². The van der Waals surface area contributed by atoms with Gasteiger partial charge in [-0.25, -0.2) is 4.79 Å². The van der Waals surface area contributed by atoms with Crippen LogP contribution in [0.1, 0.15) is 0 Å². The van der Waals surface area contributed by atoms with Crippen molar-refractivity contribution in [2.45, 2.75) is 5.37 Å². The Balaban J connectivity index is 2.32. The molecule has 1 fully saturated rings. The Hall–Kier alpha value is -0.380. The second kappa shape index (κ2) is 2.26. The van der Waals surface area contributed by atoms with Gasteiger partial charge in [-0.1, -0.05) is 0 Å². The van der Waals surface area contributed by atoms with Crippen molar-refractivity contribution in [3.63, 3.8) is 0 Å². The van der Waals surface area contributed by atoms with Gasteiger partial charge >= 0.3 is 6.09 Å². The van der Waals surface area contributed by atoms with Gasteiger partial charge in [0.15, 0.2) is 0 Å². The first-order valence-corrected chi connectivity index (χ1v) is 3.58. The molecule has 1 rings (SSSR count). The highest BCUT2D eigenvalue weighted by atomic mass is 32.2. The molecule has 0 radical (unpaired) electrons. The second-order valence-corrected chi connectivity index (χ2v) is 2.51. The monoisotopic (exact) mass is 133 g/mol. The molecule has 4 heteroatoms. The molecule has 1 atom stereocenters. The summed E-state index contributed by atoms with van der Waals surface area (Å²) >= 11 is 1.58. The summed E-state index contributed by atoms with van der Waals surface area (Å²) in [5, 5.41) is 2.77. The predicted molar refractivity (Wildman–Crippen MR) is 31.8 cm³/mol. The molecule has 46 valence electrons. The maximum absolute atomic E-state index is 10.3. The molecule has 1 aliphatic heterocycles. The molecular formula is C4H7NO2S. The van der Waals surface area contributed by atoms with Crippen molar-refractivity contribution in [3.8, 4) is 0 Å². The lowest BCUT2D eigenvalue weighted by molar-refractivity contribution is 0.178. The lowest BCUT2D eigenvalue weighted by atomic mass is 10.7. The van der Waals surface area contributed by atoms with Gasteiger partial charge < -0.3 is 10.1 Å². The SMILES string of the molecule is CSC1COC(=O)N1. The van der Waals surface area contributed by atoms with Crippen LogP contribution in [0, 0.1) is 0 Å². The molecule has 0 aromatic carbocycles. The van der Waals surface area contributed by atoms with E-state index in [1.54, 1.807) is 11.8 Å². The van der Waals surface area contributed by atoms with Gasteiger partial charge in [0, 0.05) is 0 Å². The van der Waals surface area contributed by atoms with Crippen molar-refractivity contribution < 1.29 is 9.53 Å². The number of thioether (sulfide) groups is 1. The second-order valence-electron chi connectivity index (χ2n) is 1.47. The number of hydrogen-bond acceptors (Lipinski definition) is 3. The maximum atomic E-state index is 10.3. The fourth-order valence-corrected chi connectivity index (χ4v) is 0.911. The molecule has 0 saturated carbocycles. The summed E-state index contributed by atoms with van der Waals surface area (Å²) in [5.74, 6) is 0. The van der Waals surface area contributed by atoms with Gasteiger partial charge in [0.05, 0.1) is 0 Å². The highest BCUT2D eigenvalue weighted by Gasteiger charge is 2.19. The van der Waals surface area contributed by atoms with E-state index in [-0.39, 0.29) is 11.5 Å². The van der Waals surface area contributed by atoms with Crippen LogP contribution >= 0.6 is 11.8 Å². The summed E-state index contributed by atoms with van der Waals surface area (Å²) < 4.78 is 4.59. The molecule has 1 unspecified atom stereocenters. The minimum atomic E-state index is -0.302. The summed E-state index contributed by atoms with van der Waals surface area (Å²) in [4.78, 5) is 10.3. The smallest absolute Gasteiger partial charge is 0.408 e. The van der Waals surface area contributed by atoms with E-state index in [4.69, 9.17) is 0 Å². The number of nitrogens with one attached hydrogen (secondary N) is 1. The first-order chi connectivity index (χ1) is 3.83. The van der Waals surface area contributed by atoms with Gasteiger partial charge in [-0.3, -0.25) is 0 Å². The number of ether oxygens (including phenoxy) is 1. The van der Waals surface area contributed by atoms with E-state index in [9.17, 15) is 4.79 Å². The van der Waals surface area contributed by atoms with Crippen molar-refractivity contribution in [2.75, 3.05) is 12.9 Å². The fourth-order valence-electron chi connectivity index (χ4n) is 0.493. The summed E-state index contributed by atoms with van der Waals surface area (Å²) in [6, 6.07) is 0. The first kappa shape index (κ1) is 5.75. The van der Waals surface area contributed by atoms with Crippen molar-refractivity contribution in [1.82, 2.24) is 5.32 Å². The topological polar surface area (TPSA) is 38.3 Å². The van der Waals surface area contributed by atoms with Gasteiger partial charge in [-0.05, 0) is 6.26 Å². The molecule has 0 bridgehead atoms. The molecule has 0 aromatic rings. The molecule has 3 nitrogen and oxygen atoms in total. The number of hydrogen-bond donors (Lipinski definition) is 1. The van der Waals surface area contributed by atoms with Gasteiger partial charge in [0.25, 0.3) is 0 Å². The van der Waals surface area contributed by atoms with Crippen LogP contribution in [0.5, 0.6) is 0 Å². The normalized spacial score (nSPS) is 27.1. The van der Waals surface area contributed by atoms with Crippen molar-refractivity contribution in [2.24, 2.45) is 0 Å². The Kier molecular flexibility index (Phi) is 1.62. The summed E-state index contributed by atoms with van der Waals surface area (Å²) in [7, 11) is 0. The van der Waals surface area contributed by atoms with Gasteiger partial charge in [-0.2, -0.15) is 0 Å². The largest absolute Gasteiger partial charge is 0.446 e. The third-order valence-electron chi connectivity index (χ3n) is 0.929. The van der Waals surface area contributed by atoms with Crippen LogP contribution in [0.4, 0.5) is 4.79 Å². The standard InChI is InChI=1S/C4H7NO2S/c1-8-3-2-7-4(6)5-3/h3H,2H2,1H3,(H,5,6). The first-order valence-electron chi connectivity index (χ1n) is 2.29. The minimum absolute atomic E-state index is 0.169. The number of carbonyl (C=O) groups excluding carboxylic acids is 1. The maximum Gasteiger partial charge on any atom is 0.408 e. The van der Waals surface area contributed by atoms with Crippen molar-refractivity contribution >= 4 is 17.9 Å². The summed E-state index contributed by atoms with van der Waals surface area (Å²) in [5.41, 5.74) is 0. The number of alkyl carbamates (subject to hydrolysis) is 1. The lowest BCUT2D eigenvalue weighted by Gasteiger charge is -1.97. The average Bonchev–Trinajstić information content (AvgIpc) is 2.14. The Morgan fingerprint density at radius 2 is 2.75 bits per heavy atom. The molecule has 1 amide bonds. The number of cyclic esters (lactones) is 1. The predicted octanol–water partition coefficient (Wildman–Crippen LogP) is 0.415. The molecule has 1 N–H and O–H groups in total. The third kappa shape index (κ3) is 1.06. The molecule has 1 saturated heterocycles. The van der Waals surface area contributed by atoms with Gasteiger partial charge in [-0.15, -0.1) is 11.8 Å². The minimum Gasteiger partial charge on any atom is -0.446 e. The van der Waals surface area contributed by atoms with Gasteiger partial charge in [0.1, 0.15) is 12.0 Å². The Bertz CT molecular complexity index is 106. The summed E-state index contributed by atoms with van der Waals surface area (Å²) in [6.07, 6.45) is 1.63. The van der Waals surface area contributed by atoms with E-state index < -0.39 is 0 Å². The molecule has 0 aliphatic carbocycles. The zero-order valence-electron chi connectivity index (χ0n) is 4.51. The van der Waals surface area contributed by atoms with Gasteiger partial charge in [0.2, 0.25) is 0 Å². The molecular weight excluding hydrogens is 126 g/mol. The van der Waals surface area contributed by atoms with Crippen LogP contribution < -0.4 is 5.32 Å². The Morgan fingerprint density at radius 3 is 3.00 bits per heavy atom.